The minimum Gasteiger partial charge on any atom is -0.386 e. The van der Waals surface area contributed by atoms with Crippen LogP contribution < -0.4 is 5.73 Å². The van der Waals surface area contributed by atoms with Crippen molar-refractivity contribution >= 4 is 17.1 Å². The molecular weight excluding hydrogens is 435 g/mol. The summed E-state index contributed by atoms with van der Waals surface area (Å²) in [5.74, 6) is -0.388. The van der Waals surface area contributed by atoms with Crippen molar-refractivity contribution in [3.8, 4) is 22.5 Å². The molecule has 10 heteroatoms. The maximum absolute atomic E-state index is 14.1. The van der Waals surface area contributed by atoms with Gasteiger partial charge in [0.2, 0.25) is 5.95 Å². The van der Waals surface area contributed by atoms with Crippen LogP contribution in [-0.2, 0) is 6.42 Å². The van der Waals surface area contributed by atoms with Crippen molar-refractivity contribution < 1.29 is 9.50 Å². The number of benzene rings is 1. The number of hydrogen-bond donors (Lipinski definition) is 3. The molecule has 4 aromatic heterocycles. The lowest BCUT2D eigenvalue weighted by molar-refractivity contribution is 0.172. The maximum atomic E-state index is 14.1. The maximum Gasteiger partial charge on any atom is 0.220 e. The van der Waals surface area contributed by atoms with Gasteiger partial charge in [-0.3, -0.25) is 4.68 Å². The normalized spacial score (nSPS) is 12.5. The van der Waals surface area contributed by atoms with Crippen LogP contribution in [-0.4, -0.2) is 39.8 Å². The SMILES string of the molecule is CC(C)n1cc(-c2cnc3[nH]cc(-c4cc(C(O)Cc5ccccc5F)nc(N)n4)c3n2)cn1. The second-order valence-electron chi connectivity index (χ2n) is 8.31. The second-order valence-corrected chi connectivity index (χ2v) is 8.31. The molecule has 0 fully saturated rings. The van der Waals surface area contributed by atoms with E-state index in [4.69, 9.17) is 10.7 Å². The van der Waals surface area contributed by atoms with E-state index in [0.717, 1.165) is 5.56 Å². The van der Waals surface area contributed by atoms with Crippen LogP contribution in [0.4, 0.5) is 10.3 Å². The monoisotopic (exact) mass is 458 g/mol. The number of fused-ring (bicyclic) bond motifs is 1. The Morgan fingerprint density at radius 1 is 1.12 bits per heavy atom. The van der Waals surface area contributed by atoms with Gasteiger partial charge in [-0.2, -0.15) is 5.10 Å². The molecule has 0 aliphatic carbocycles. The molecule has 0 bridgehead atoms. The number of aliphatic hydroxyl groups is 1. The molecule has 5 aromatic rings. The molecule has 0 aliphatic heterocycles. The van der Waals surface area contributed by atoms with Crippen LogP contribution in [0.15, 0.2) is 55.1 Å². The van der Waals surface area contributed by atoms with Crippen LogP contribution in [0.1, 0.15) is 37.3 Å². The van der Waals surface area contributed by atoms with Crippen molar-refractivity contribution in [3.05, 3.63) is 72.2 Å². The summed E-state index contributed by atoms with van der Waals surface area (Å²) in [5, 5.41) is 15.1. The van der Waals surface area contributed by atoms with Crippen molar-refractivity contribution in [2.75, 3.05) is 5.73 Å². The molecule has 0 saturated heterocycles. The predicted octanol–water partition coefficient (Wildman–Crippen LogP) is 3.86. The van der Waals surface area contributed by atoms with E-state index in [1.807, 2.05) is 24.7 Å². The van der Waals surface area contributed by atoms with Gasteiger partial charge in [-0.25, -0.2) is 24.3 Å². The zero-order valence-electron chi connectivity index (χ0n) is 18.6. The van der Waals surface area contributed by atoms with Crippen LogP contribution in [0.5, 0.6) is 0 Å². The molecule has 34 heavy (non-hydrogen) atoms. The fourth-order valence-corrected chi connectivity index (χ4v) is 3.75. The zero-order valence-corrected chi connectivity index (χ0v) is 18.6. The Morgan fingerprint density at radius 3 is 2.71 bits per heavy atom. The highest BCUT2D eigenvalue weighted by molar-refractivity contribution is 5.90. The van der Waals surface area contributed by atoms with Crippen LogP contribution in [0.3, 0.4) is 0 Å². The van der Waals surface area contributed by atoms with E-state index >= 15 is 0 Å². The summed E-state index contributed by atoms with van der Waals surface area (Å²) >= 11 is 0. The van der Waals surface area contributed by atoms with Crippen molar-refractivity contribution in [3.63, 3.8) is 0 Å². The van der Waals surface area contributed by atoms with Gasteiger partial charge in [0.05, 0.1) is 29.5 Å². The first-order chi connectivity index (χ1) is 16.4. The van der Waals surface area contributed by atoms with Gasteiger partial charge in [0.25, 0.3) is 0 Å². The number of nitrogens with two attached hydrogens (primary N) is 1. The number of H-pyrrole nitrogens is 1. The number of anilines is 1. The molecule has 9 nitrogen and oxygen atoms in total. The number of nitrogen functional groups attached to an aromatic ring is 1. The number of aromatic nitrogens is 7. The highest BCUT2D eigenvalue weighted by Crippen LogP contribution is 2.30. The molecular formula is C24H23FN8O. The molecule has 4 heterocycles. The van der Waals surface area contributed by atoms with E-state index in [2.05, 4.69) is 25.0 Å². The van der Waals surface area contributed by atoms with Crippen molar-refractivity contribution in [1.29, 1.82) is 0 Å². The summed E-state index contributed by atoms with van der Waals surface area (Å²) in [6.07, 6.45) is 6.09. The number of nitrogens with zero attached hydrogens (tertiary/aromatic N) is 6. The standard InChI is InChI=1S/C24H23FN8O/c1-13(2)33-12-15(9-29-33)20-11-28-23-22(30-20)16(10-27-23)18-8-19(32-24(26)31-18)21(34)7-14-5-3-4-6-17(14)25/h3-6,8-13,21,34H,7H2,1-2H3,(H,27,28)(H2,26,31,32). The third kappa shape index (κ3) is 4.11. The molecule has 0 spiro atoms. The van der Waals surface area contributed by atoms with Gasteiger partial charge in [-0.05, 0) is 31.5 Å². The summed E-state index contributed by atoms with van der Waals surface area (Å²) in [7, 11) is 0. The molecule has 0 aliphatic rings. The molecule has 1 unspecified atom stereocenters. The Hall–Kier alpha value is -4.18. The van der Waals surface area contributed by atoms with E-state index in [-0.39, 0.29) is 24.2 Å². The molecule has 1 atom stereocenters. The minimum atomic E-state index is -1.06. The first-order valence-corrected chi connectivity index (χ1v) is 10.8. The third-order valence-electron chi connectivity index (χ3n) is 5.56. The number of hydrogen-bond acceptors (Lipinski definition) is 7. The van der Waals surface area contributed by atoms with Crippen LogP contribution in [0.25, 0.3) is 33.7 Å². The van der Waals surface area contributed by atoms with Gasteiger partial charge in [-0.1, -0.05) is 18.2 Å². The highest BCUT2D eigenvalue weighted by atomic mass is 19.1. The van der Waals surface area contributed by atoms with Crippen molar-refractivity contribution in [2.24, 2.45) is 0 Å². The van der Waals surface area contributed by atoms with Gasteiger partial charge in [-0.15, -0.1) is 0 Å². The number of nitrogens with one attached hydrogen (secondary N) is 1. The average molecular weight is 459 g/mol. The van der Waals surface area contributed by atoms with Gasteiger partial charge >= 0.3 is 0 Å². The smallest absolute Gasteiger partial charge is 0.220 e. The lowest BCUT2D eigenvalue weighted by atomic mass is 10.0. The van der Waals surface area contributed by atoms with E-state index in [1.165, 1.54) is 6.07 Å². The highest BCUT2D eigenvalue weighted by Gasteiger charge is 2.18. The van der Waals surface area contributed by atoms with Crippen molar-refractivity contribution in [2.45, 2.75) is 32.4 Å². The Kier molecular flexibility index (Phi) is 5.50. The number of aromatic amines is 1. The van der Waals surface area contributed by atoms with Crippen LogP contribution >= 0.6 is 0 Å². The van der Waals surface area contributed by atoms with Gasteiger partial charge in [0.15, 0.2) is 5.65 Å². The quantitative estimate of drug-likeness (QED) is 0.352. The summed E-state index contributed by atoms with van der Waals surface area (Å²) in [5.41, 5.74) is 10.5. The number of aliphatic hydroxyl groups excluding tert-OH is 1. The summed E-state index contributed by atoms with van der Waals surface area (Å²) in [6.45, 7) is 4.10. The van der Waals surface area contributed by atoms with E-state index in [9.17, 15) is 9.50 Å². The summed E-state index contributed by atoms with van der Waals surface area (Å²) in [6, 6.07) is 8.17. The van der Waals surface area contributed by atoms with E-state index < -0.39 is 6.10 Å². The Labute approximate surface area is 194 Å². The van der Waals surface area contributed by atoms with Gasteiger partial charge in [0.1, 0.15) is 17.4 Å². The molecule has 1 aromatic carbocycles. The zero-order chi connectivity index (χ0) is 23.8. The Morgan fingerprint density at radius 2 is 1.94 bits per heavy atom. The third-order valence-corrected chi connectivity index (χ3v) is 5.56. The number of halogens is 1. The van der Waals surface area contributed by atoms with Gasteiger partial charge in [0, 0.05) is 36.0 Å². The molecule has 5 rings (SSSR count). The first kappa shape index (κ1) is 21.7. The minimum absolute atomic E-state index is 0.00300. The topological polar surface area (TPSA) is 131 Å². The Balaban J connectivity index is 1.52. The molecule has 172 valence electrons. The average Bonchev–Trinajstić information content (AvgIpc) is 3.47. The summed E-state index contributed by atoms with van der Waals surface area (Å²) in [4.78, 5) is 20.9. The first-order valence-electron chi connectivity index (χ1n) is 10.8. The fraction of sp³-hybridized carbons (Fsp3) is 0.208. The lowest BCUT2D eigenvalue weighted by Gasteiger charge is -2.12. The van der Waals surface area contributed by atoms with Crippen LogP contribution in [0.2, 0.25) is 0 Å². The molecule has 0 amide bonds. The summed E-state index contributed by atoms with van der Waals surface area (Å²) < 4.78 is 15.9. The Bertz CT molecular complexity index is 1480. The fourth-order valence-electron chi connectivity index (χ4n) is 3.75. The van der Waals surface area contributed by atoms with Crippen LogP contribution in [0, 0.1) is 5.82 Å². The molecule has 0 saturated carbocycles. The second kappa shape index (κ2) is 8.64. The predicted molar refractivity (Wildman–Crippen MR) is 126 cm³/mol. The van der Waals surface area contributed by atoms with Gasteiger partial charge < -0.3 is 15.8 Å². The molecule has 4 N–H and O–H groups in total. The van der Waals surface area contributed by atoms with Crippen molar-refractivity contribution in [1.82, 2.24) is 34.7 Å². The number of rotatable bonds is 6. The van der Waals surface area contributed by atoms with E-state index in [0.29, 0.717) is 39.4 Å². The largest absolute Gasteiger partial charge is 0.386 e. The lowest BCUT2D eigenvalue weighted by Crippen LogP contribution is -2.09. The molecule has 0 radical (unpaired) electrons. The van der Waals surface area contributed by atoms with E-state index in [1.54, 1.807) is 42.9 Å².